The predicted molar refractivity (Wildman–Crippen MR) is 83.8 cm³/mol. The highest BCUT2D eigenvalue weighted by atomic mass is 32.2. The molecule has 0 radical (unpaired) electrons. The number of fused-ring (bicyclic) bond motifs is 2. The topological polar surface area (TPSA) is 63.4 Å². The number of nitrogens with zero attached hydrogens (tertiary/aromatic N) is 1. The average Bonchev–Trinajstić information content (AvgIpc) is 2.69. The predicted octanol–water partition coefficient (Wildman–Crippen LogP) is 2.11. The van der Waals surface area contributed by atoms with Gasteiger partial charge in [-0.2, -0.15) is 0 Å². The Bertz CT molecular complexity index is 598. The van der Waals surface area contributed by atoms with Crippen molar-refractivity contribution in [3.8, 4) is 0 Å². The van der Waals surface area contributed by atoms with Crippen molar-refractivity contribution in [2.24, 2.45) is 5.73 Å². The standard InChI is InChI=1S/C16H24N2O2S/c1-11(12-3-7-16(8-4-12)21(2,19)20)18-14-5-6-15(18)10-13(17)9-14/h3-4,7-8,11,13-15H,5-6,9-10,17H2,1-2H3. The van der Waals surface area contributed by atoms with E-state index in [2.05, 4.69) is 11.8 Å². The third kappa shape index (κ3) is 2.87. The zero-order valence-corrected chi connectivity index (χ0v) is 13.5. The van der Waals surface area contributed by atoms with E-state index in [1.165, 1.54) is 24.7 Å². The van der Waals surface area contributed by atoms with E-state index in [4.69, 9.17) is 5.73 Å². The van der Waals surface area contributed by atoms with Crippen molar-refractivity contribution in [3.05, 3.63) is 29.8 Å². The molecular formula is C16H24N2O2S. The summed E-state index contributed by atoms with van der Waals surface area (Å²) in [5, 5.41) is 0. The number of sulfone groups is 1. The minimum atomic E-state index is -3.12. The number of rotatable bonds is 3. The molecule has 2 aliphatic heterocycles. The van der Waals surface area contributed by atoms with Gasteiger partial charge in [0.15, 0.2) is 9.84 Å². The Hall–Kier alpha value is -0.910. The highest BCUT2D eigenvalue weighted by Crippen LogP contribution is 2.41. The minimum absolute atomic E-state index is 0.323. The molecule has 0 saturated carbocycles. The van der Waals surface area contributed by atoms with Crippen molar-refractivity contribution in [2.75, 3.05) is 6.26 Å². The van der Waals surface area contributed by atoms with Crippen LogP contribution in [0.15, 0.2) is 29.2 Å². The van der Waals surface area contributed by atoms with Crippen molar-refractivity contribution >= 4 is 9.84 Å². The summed E-state index contributed by atoms with van der Waals surface area (Å²) in [6.45, 7) is 2.22. The molecule has 21 heavy (non-hydrogen) atoms. The lowest BCUT2D eigenvalue weighted by Crippen LogP contribution is -2.48. The summed E-state index contributed by atoms with van der Waals surface area (Å²) in [7, 11) is -3.12. The SMILES string of the molecule is CC(c1ccc(S(C)(=O)=O)cc1)N1C2CCC1CC(N)C2. The van der Waals surface area contributed by atoms with Crippen LogP contribution in [0, 0.1) is 0 Å². The zero-order chi connectivity index (χ0) is 15.2. The first-order valence-corrected chi connectivity index (χ1v) is 9.58. The summed E-state index contributed by atoms with van der Waals surface area (Å²) in [5.74, 6) is 0. The van der Waals surface area contributed by atoms with Crippen LogP contribution in [-0.4, -0.2) is 37.7 Å². The van der Waals surface area contributed by atoms with Crippen molar-refractivity contribution in [3.63, 3.8) is 0 Å². The second kappa shape index (κ2) is 5.38. The van der Waals surface area contributed by atoms with E-state index in [1.807, 2.05) is 12.1 Å². The van der Waals surface area contributed by atoms with Gasteiger partial charge in [0.2, 0.25) is 0 Å². The molecule has 1 aromatic carbocycles. The van der Waals surface area contributed by atoms with Gasteiger partial charge in [-0.25, -0.2) is 8.42 Å². The largest absolute Gasteiger partial charge is 0.328 e. The van der Waals surface area contributed by atoms with Crippen LogP contribution in [0.2, 0.25) is 0 Å². The molecule has 2 saturated heterocycles. The third-order valence-corrected chi connectivity index (χ3v) is 6.19. The van der Waals surface area contributed by atoms with Gasteiger partial charge in [0, 0.05) is 30.4 Å². The van der Waals surface area contributed by atoms with Gasteiger partial charge >= 0.3 is 0 Å². The first kappa shape index (κ1) is 15.0. The van der Waals surface area contributed by atoms with E-state index in [-0.39, 0.29) is 0 Å². The highest BCUT2D eigenvalue weighted by molar-refractivity contribution is 7.90. The van der Waals surface area contributed by atoms with E-state index in [0.29, 0.717) is 29.1 Å². The Morgan fingerprint density at radius 2 is 1.67 bits per heavy atom. The Labute approximate surface area is 127 Å². The second-order valence-corrected chi connectivity index (χ2v) is 8.60. The number of benzene rings is 1. The van der Waals surface area contributed by atoms with E-state index in [1.54, 1.807) is 12.1 Å². The second-order valence-electron chi connectivity index (χ2n) is 6.58. The molecule has 0 spiro atoms. The quantitative estimate of drug-likeness (QED) is 0.929. The Kier molecular flexibility index (Phi) is 3.84. The van der Waals surface area contributed by atoms with E-state index >= 15 is 0 Å². The van der Waals surface area contributed by atoms with Crippen molar-refractivity contribution in [1.82, 2.24) is 4.90 Å². The third-order valence-electron chi connectivity index (χ3n) is 5.06. The van der Waals surface area contributed by atoms with Crippen molar-refractivity contribution < 1.29 is 8.42 Å². The van der Waals surface area contributed by atoms with Crippen LogP contribution in [0.5, 0.6) is 0 Å². The molecule has 2 bridgehead atoms. The summed E-state index contributed by atoms with van der Waals surface area (Å²) in [6, 6.07) is 9.19. The van der Waals surface area contributed by atoms with Gasteiger partial charge in [0.25, 0.3) is 0 Å². The van der Waals surface area contributed by atoms with E-state index in [9.17, 15) is 8.42 Å². The lowest BCUT2D eigenvalue weighted by atomic mass is 9.94. The molecule has 2 aliphatic rings. The maximum Gasteiger partial charge on any atom is 0.175 e. The molecule has 4 nitrogen and oxygen atoms in total. The maximum atomic E-state index is 11.5. The molecule has 3 unspecified atom stereocenters. The van der Waals surface area contributed by atoms with E-state index in [0.717, 1.165) is 12.8 Å². The first-order valence-electron chi connectivity index (χ1n) is 7.69. The highest BCUT2D eigenvalue weighted by Gasteiger charge is 2.41. The van der Waals surface area contributed by atoms with Crippen LogP contribution < -0.4 is 5.73 Å². The molecule has 2 N–H and O–H groups in total. The van der Waals surface area contributed by atoms with Gasteiger partial charge < -0.3 is 5.73 Å². The lowest BCUT2D eigenvalue weighted by molar-refractivity contribution is 0.0854. The smallest absolute Gasteiger partial charge is 0.175 e. The van der Waals surface area contributed by atoms with Crippen molar-refractivity contribution in [2.45, 2.75) is 61.7 Å². The van der Waals surface area contributed by atoms with Crippen LogP contribution in [0.25, 0.3) is 0 Å². The van der Waals surface area contributed by atoms with E-state index < -0.39 is 9.84 Å². The first-order chi connectivity index (χ1) is 9.86. The summed E-state index contributed by atoms with van der Waals surface area (Å²) in [6.07, 6.45) is 5.90. The fourth-order valence-electron chi connectivity index (χ4n) is 4.05. The van der Waals surface area contributed by atoms with Gasteiger partial charge in [-0.15, -0.1) is 0 Å². The molecule has 3 rings (SSSR count). The maximum absolute atomic E-state index is 11.5. The molecule has 116 valence electrons. The molecule has 0 aliphatic carbocycles. The van der Waals surface area contributed by atoms with Gasteiger partial charge in [-0.05, 0) is 50.3 Å². The Morgan fingerprint density at radius 1 is 1.14 bits per heavy atom. The molecule has 0 amide bonds. The number of hydrogen-bond donors (Lipinski definition) is 1. The molecule has 2 fully saturated rings. The zero-order valence-electron chi connectivity index (χ0n) is 12.7. The number of nitrogens with two attached hydrogens (primary N) is 1. The fraction of sp³-hybridized carbons (Fsp3) is 0.625. The summed E-state index contributed by atoms with van der Waals surface area (Å²) < 4.78 is 23.1. The van der Waals surface area contributed by atoms with Crippen LogP contribution >= 0.6 is 0 Å². The van der Waals surface area contributed by atoms with Gasteiger partial charge in [0.05, 0.1) is 4.90 Å². The Morgan fingerprint density at radius 3 is 2.14 bits per heavy atom. The monoisotopic (exact) mass is 308 g/mol. The van der Waals surface area contributed by atoms with Gasteiger partial charge in [-0.3, -0.25) is 4.90 Å². The number of piperidine rings is 1. The van der Waals surface area contributed by atoms with Crippen LogP contribution in [0.1, 0.15) is 44.2 Å². The normalized spacial score (nSPS) is 31.3. The average molecular weight is 308 g/mol. The molecular weight excluding hydrogens is 284 g/mol. The molecule has 1 aromatic rings. The minimum Gasteiger partial charge on any atom is -0.328 e. The Balaban J connectivity index is 1.81. The fourth-order valence-corrected chi connectivity index (χ4v) is 4.68. The summed E-state index contributed by atoms with van der Waals surface area (Å²) in [5.41, 5.74) is 7.32. The van der Waals surface area contributed by atoms with Crippen LogP contribution in [0.3, 0.4) is 0 Å². The van der Waals surface area contributed by atoms with Crippen molar-refractivity contribution in [1.29, 1.82) is 0 Å². The number of hydrogen-bond acceptors (Lipinski definition) is 4. The summed E-state index contributed by atoms with van der Waals surface area (Å²) in [4.78, 5) is 2.99. The van der Waals surface area contributed by atoms with Gasteiger partial charge in [0.1, 0.15) is 0 Å². The van der Waals surface area contributed by atoms with Crippen LogP contribution in [-0.2, 0) is 9.84 Å². The van der Waals surface area contributed by atoms with Gasteiger partial charge in [-0.1, -0.05) is 12.1 Å². The molecule has 5 heteroatoms. The molecule has 0 aromatic heterocycles. The van der Waals surface area contributed by atoms with Crippen LogP contribution in [0.4, 0.5) is 0 Å². The molecule has 3 atom stereocenters. The molecule has 2 heterocycles. The lowest BCUT2D eigenvalue weighted by Gasteiger charge is -2.41. The summed E-state index contributed by atoms with van der Waals surface area (Å²) >= 11 is 0.